The second-order valence-corrected chi connectivity index (χ2v) is 9.94. The van der Waals surface area contributed by atoms with Crippen LogP contribution in [0.1, 0.15) is 27.7 Å². The van der Waals surface area contributed by atoms with Crippen LogP contribution in [-0.2, 0) is 0 Å². The van der Waals surface area contributed by atoms with E-state index < -0.39 is 0 Å². The summed E-state index contributed by atoms with van der Waals surface area (Å²) in [6, 6.07) is 0. The van der Waals surface area contributed by atoms with Gasteiger partial charge >= 0.3 is 88.7 Å². The molecule has 80 valence electrons. The van der Waals surface area contributed by atoms with Crippen LogP contribution in [0, 0.1) is 0 Å². The molecule has 0 aromatic carbocycles. The van der Waals surface area contributed by atoms with Crippen LogP contribution in [-0.4, -0.2) is 43.6 Å². The Morgan fingerprint density at radius 1 is 1.08 bits per heavy atom. The molecule has 2 aliphatic heterocycles. The molecule has 2 saturated heterocycles. The Labute approximate surface area is 103 Å². The molecule has 0 bridgehead atoms. The molecular formula is C10H23S2Sb. The minimum atomic E-state index is 0. The third-order valence-electron chi connectivity index (χ3n) is 2.06. The first-order valence-electron chi connectivity index (χ1n) is 4.39. The predicted molar refractivity (Wildman–Crippen MR) is 72.0 cm³/mol. The molecule has 2 aliphatic rings. The molecule has 2 unspecified atom stereocenters. The zero-order chi connectivity index (χ0) is 7.52. The SMILES string of the molecule is C.C.C([CH2][SbH][CH2]C1CS1)CC1CS1. The van der Waals surface area contributed by atoms with Gasteiger partial charge in [-0.1, -0.05) is 14.9 Å². The molecular weight excluding hydrogens is 306 g/mol. The molecule has 0 amide bonds. The molecule has 0 aliphatic carbocycles. The molecule has 3 heteroatoms. The van der Waals surface area contributed by atoms with Gasteiger partial charge in [0.15, 0.2) is 0 Å². The summed E-state index contributed by atoms with van der Waals surface area (Å²) in [6.45, 7) is 0. The Bertz CT molecular complexity index is 108. The maximum atomic E-state index is 2.18. The molecule has 0 nitrogen and oxygen atoms in total. The standard InChI is InChI=1S/C5H9S.C3H5S.2CH4.Sb.H/c1-2-3-5-4-6-5;1-3-2-4-3;;;;/h5H,1-4H2;3H,1-2H2;2*1H4;;. The minimum absolute atomic E-state index is 0. The monoisotopic (exact) mass is 328 g/mol. The first-order valence-corrected chi connectivity index (χ1v) is 10.5. The van der Waals surface area contributed by atoms with Crippen LogP contribution in [0.2, 0.25) is 8.73 Å². The second kappa shape index (κ2) is 7.76. The molecule has 2 heterocycles. The molecule has 2 fully saturated rings. The van der Waals surface area contributed by atoms with E-state index in [4.69, 9.17) is 0 Å². The van der Waals surface area contributed by atoms with E-state index in [1.807, 2.05) is 0 Å². The zero-order valence-corrected chi connectivity index (χ0v) is 11.2. The van der Waals surface area contributed by atoms with E-state index in [0.717, 1.165) is 10.5 Å². The van der Waals surface area contributed by atoms with Gasteiger partial charge in [-0.2, -0.15) is 0 Å². The van der Waals surface area contributed by atoms with Gasteiger partial charge in [-0.05, 0) is 0 Å². The van der Waals surface area contributed by atoms with Crippen molar-refractivity contribution < 1.29 is 0 Å². The maximum absolute atomic E-state index is 2.18. The van der Waals surface area contributed by atoms with Crippen LogP contribution < -0.4 is 0 Å². The van der Waals surface area contributed by atoms with Gasteiger partial charge in [0.1, 0.15) is 0 Å². The summed E-state index contributed by atoms with van der Waals surface area (Å²) >= 11 is 4.47. The molecule has 0 spiro atoms. The van der Waals surface area contributed by atoms with Crippen LogP contribution in [0.3, 0.4) is 0 Å². The van der Waals surface area contributed by atoms with Gasteiger partial charge < -0.3 is 0 Å². The number of thioether (sulfide) groups is 2. The van der Waals surface area contributed by atoms with E-state index in [2.05, 4.69) is 23.5 Å². The Morgan fingerprint density at radius 3 is 2.23 bits per heavy atom. The van der Waals surface area contributed by atoms with E-state index in [9.17, 15) is 0 Å². The van der Waals surface area contributed by atoms with Crippen LogP contribution in [0.5, 0.6) is 0 Å². The fourth-order valence-electron chi connectivity index (χ4n) is 1.14. The summed E-state index contributed by atoms with van der Waals surface area (Å²) in [5, 5.41) is 2.25. The Morgan fingerprint density at radius 2 is 1.69 bits per heavy atom. The topological polar surface area (TPSA) is 0 Å². The van der Waals surface area contributed by atoms with E-state index in [1.54, 1.807) is 21.6 Å². The summed E-state index contributed by atoms with van der Waals surface area (Å²) in [6.07, 6.45) is 3.12. The molecule has 0 N–H and O–H groups in total. The summed E-state index contributed by atoms with van der Waals surface area (Å²) in [7, 11) is 0. The van der Waals surface area contributed by atoms with Crippen molar-refractivity contribution in [2.75, 3.05) is 11.5 Å². The van der Waals surface area contributed by atoms with Gasteiger partial charge in [0.25, 0.3) is 0 Å². The van der Waals surface area contributed by atoms with Crippen molar-refractivity contribution in [3.63, 3.8) is 0 Å². The van der Waals surface area contributed by atoms with Crippen LogP contribution >= 0.6 is 23.5 Å². The third kappa shape index (κ3) is 7.45. The average molecular weight is 329 g/mol. The van der Waals surface area contributed by atoms with E-state index in [0.29, 0.717) is 0 Å². The van der Waals surface area contributed by atoms with Crippen molar-refractivity contribution in [2.24, 2.45) is 0 Å². The average Bonchev–Trinajstić information content (AvgIpc) is 2.83. The van der Waals surface area contributed by atoms with Crippen LogP contribution in [0.15, 0.2) is 0 Å². The van der Waals surface area contributed by atoms with Gasteiger partial charge in [0.05, 0.1) is 0 Å². The van der Waals surface area contributed by atoms with Crippen molar-refractivity contribution in [2.45, 2.75) is 46.9 Å². The number of hydrogen-bond acceptors (Lipinski definition) is 2. The van der Waals surface area contributed by atoms with Gasteiger partial charge in [0, 0.05) is 0 Å². The molecule has 0 aromatic heterocycles. The first kappa shape index (κ1) is 14.5. The summed E-state index contributed by atoms with van der Waals surface area (Å²) < 4.78 is 3.34. The van der Waals surface area contributed by atoms with Crippen LogP contribution in [0.25, 0.3) is 0 Å². The Kier molecular flexibility index (Phi) is 8.67. The van der Waals surface area contributed by atoms with E-state index >= 15 is 0 Å². The van der Waals surface area contributed by atoms with Crippen LogP contribution in [0.4, 0.5) is 0 Å². The number of hydrogen-bond donors (Lipinski definition) is 0. The molecule has 2 rings (SSSR count). The third-order valence-corrected chi connectivity index (χ3v) is 9.16. The fraction of sp³-hybridized carbons (Fsp3) is 1.00. The van der Waals surface area contributed by atoms with E-state index in [-0.39, 0.29) is 36.5 Å². The van der Waals surface area contributed by atoms with Crippen molar-refractivity contribution in [1.82, 2.24) is 0 Å². The fourth-order valence-corrected chi connectivity index (χ4v) is 7.75. The predicted octanol–water partition coefficient (Wildman–Crippen LogP) is 3.54. The number of rotatable bonds is 6. The molecule has 0 aromatic rings. The van der Waals surface area contributed by atoms with E-state index in [1.165, 1.54) is 11.5 Å². The normalized spacial score (nSPS) is 28.6. The molecule has 0 saturated carbocycles. The quantitative estimate of drug-likeness (QED) is 0.415. The summed E-state index contributed by atoms with van der Waals surface area (Å²) in [5.41, 5.74) is 0. The van der Waals surface area contributed by atoms with Gasteiger partial charge in [-0.15, -0.1) is 0 Å². The summed E-state index contributed by atoms with van der Waals surface area (Å²) in [5.74, 6) is 2.98. The van der Waals surface area contributed by atoms with Gasteiger partial charge in [-0.25, -0.2) is 0 Å². The molecule has 2 atom stereocenters. The van der Waals surface area contributed by atoms with Crippen molar-refractivity contribution in [1.29, 1.82) is 0 Å². The van der Waals surface area contributed by atoms with Crippen molar-refractivity contribution >= 4 is 45.1 Å². The van der Waals surface area contributed by atoms with Gasteiger partial charge in [0.2, 0.25) is 0 Å². The Balaban J connectivity index is 0.000000720. The first-order chi connectivity index (χ1) is 5.45. The van der Waals surface area contributed by atoms with Gasteiger partial charge in [-0.3, -0.25) is 0 Å². The second-order valence-electron chi connectivity index (χ2n) is 3.26. The van der Waals surface area contributed by atoms with Crippen molar-refractivity contribution in [3.8, 4) is 0 Å². The Hall–Kier alpha value is 1.52. The molecule has 0 radical (unpaired) electrons. The summed E-state index contributed by atoms with van der Waals surface area (Å²) in [4.78, 5) is 0. The molecule has 13 heavy (non-hydrogen) atoms. The zero-order valence-electron chi connectivity index (χ0n) is 6.71. The van der Waals surface area contributed by atoms with Crippen molar-refractivity contribution in [3.05, 3.63) is 0 Å².